The van der Waals surface area contributed by atoms with Crippen LogP contribution >= 0.6 is 0 Å². The van der Waals surface area contributed by atoms with Crippen molar-refractivity contribution in [2.75, 3.05) is 25.1 Å². The van der Waals surface area contributed by atoms with Crippen molar-refractivity contribution < 1.29 is 32.2 Å². The van der Waals surface area contributed by atoms with Crippen molar-refractivity contribution in [3.8, 4) is 17.2 Å². The van der Waals surface area contributed by atoms with Crippen LogP contribution in [0, 0.1) is 0 Å². The number of nitrogens with one attached hydrogen (secondary N) is 1. The molecule has 27 heavy (non-hydrogen) atoms. The van der Waals surface area contributed by atoms with Crippen LogP contribution < -0.4 is 19.5 Å². The van der Waals surface area contributed by atoms with Gasteiger partial charge in [-0.3, -0.25) is 4.79 Å². The lowest BCUT2D eigenvalue weighted by atomic mass is 10.2. The van der Waals surface area contributed by atoms with Crippen molar-refractivity contribution in [2.45, 2.75) is 20.0 Å². The van der Waals surface area contributed by atoms with E-state index in [-0.39, 0.29) is 0 Å². The molecule has 0 atom stereocenters. The number of hydrogen-bond donors (Lipinski definition) is 1. The van der Waals surface area contributed by atoms with Crippen molar-refractivity contribution in [3.63, 3.8) is 0 Å². The van der Waals surface area contributed by atoms with Gasteiger partial charge < -0.3 is 19.5 Å². The van der Waals surface area contributed by atoms with Gasteiger partial charge in [0.05, 0.1) is 24.5 Å². The number of para-hydroxylation sites is 1. The van der Waals surface area contributed by atoms with Gasteiger partial charge in [0.15, 0.2) is 6.61 Å². The van der Waals surface area contributed by atoms with E-state index in [1.54, 1.807) is 25.1 Å². The first-order chi connectivity index (χ1) is 12.8. The minimum Gasteiger partial charge on any atom is -0.494 e. The van der Waals surface area contributed by atoms with Gasteiger partial charge in [0.25, 0.3) is 5.91 Å². The summed E-state index contributed by atoms with van der Waals surface area (Å²) in [6, 6.07) is 9.63. The molecule has 0 heterocycles. The zero-order valence-corrected chi connectivity index (χ0v) is 14.9. The van der Waals surface area contributed by atoms with E-state index >= 15 is 0 Å². The predicted molar refractivity (Wildman–Crippen MR) is 94.3 cm³/mol. The average Bonchev–Trinajstić information content (AvgIpc) is 2.62. The molecule has 2 aromatic rings. The number of carbonyl (C=O) groups is 1. The molecular weight excluding hydrogens is 363 g/mol. The first-order valence-electron chi connectivity index (χ1n) is 8.33. The van der Waals surface area contributed by atoms with E-state index in [4.69, 9.17) is 14.2 Å². The van der Waals surface area contributed by atoms with Gasteiger partial charge in [-0.25, -0.2) is 0 Å². The molecule has 0 aliphatic heterocycles. The van der Waals surface area contributed by atoms with Crippen LogP contribution in [0.1, 0.15) is 19.4 Å². The Bertz CT molecular complexity index is 778. The summed E-state index contributed by atoms with van der Waals surface area (Å²) in [6.45, 7) is 3.85. The van der Waals surface area contributed by atoms with Crippen LogP contribution in [0.4, 0.5) is 18.9 Å². The van der Waals surface area contributed by atoms with Gasteiger partial charge in [-0.15, -0.1) is 0 Å². The minimum absolute atomic E-state index is 0.348. The number of anilines is 1. The van der Waals surface area contributed by atoms with Crippen LogP contribution in [-0.4, -0.2) is 25.7 Å². The van der Waals surface area contributed by atoms with Gasteiger partial charge in [-0.1, -0.05) is 12.1 Å². The average molecular weight is 383 g/mol. The predicted octanol–water partition coefficient (Wildman–Crippen LogP) is 4.52. The molecule has 1 N–H and O–H groups in total. The molecule has 1 amide bonds. The summed E-state index contributed by atoms with van der Waals surface area (Å²) in [5.41, 5.74) is -0.591. The van der Waals surface area contributed by atoms with E-state index in [0.717, 1.165) is 12.1 Å². The number of carbonyl (C=O) groups excluding carboxylic acids is 1. The van der Waals surface area contributed by atoms with E-state index in [9.17, 15) is 18.0 Å². The Morgan fingerprint density at radius 1 is 0.963 bits per heavy atom. The number of rotatable bonds is 8. The fourth-order valence-corrected chi connectivity index (χ4v) is 2.30. The van der Waals surface area contributed by atoms with E-state index in [1.807, 2.05) is 6.92 Å². The second-order valence-electron chi connectivity index (χ2n) is 5.35. The summed E-state index contributed by atoms with van der Waals surface area (Å²) < 4.78 is 54.8. The fraction of sp³-hybridized carbons (Fsp3) is 0.316. The summed E-state index contributed by atoms with van der Waals surface area (Å²) in [5, 5.41) is 2.57. The van der Waals surface area contributed by atoms with Crippen molar-refractivity contribution in [2.24, 2.45) is 0 Å². The molecular formula is C19H20F3NO4. The molecule has 8 heteroatoms. The maximum atomic E-state index is 13.0. The van der Waals surface area contributed by atoms with Crippen molar-refractivity contribution in [1.29, 1.82) is 0 Å². The molecule has 146 valence electrons. The van der Waals surface area contributed by atoms with E-state index in [2.05, 4.69) is 5.32 Å². The molecule has 0 unspecified atom stereocenters. The molecule has 2 aromatic carbocycles. The van der Waals surface area contributed by atoms with Crippen LogP contribution in [0.15, 0.2) is 42.5 Å². The Hall–Kier alpha value is -2.90. The highest BCUT2D eigenvalue weighted by molar-refractivity contribution is 5.93. The Morgan fingerprint density at radius 2 is 1.67 bits per heavy atom. The fourth-order valence-electron chi connectivity index (χ4n) is 2.30. The monoisotopic (exact) mass is 383 g/mol. The molecule has 0 bridgehead atoms. The second kappa shape index (κ2) is 9.16. The quantitative estimate of drug-likeness (QED) is 0.728. The Kier molecular flexibility index (Phi) is 6.92. The number of halogens is 3. The molecule has 0 spiro atoms. The molecule has 2 rings (SSSR count). The lowest BCUT2D eigenvalue weighted by molar-refractivity contribution is -0.139. The summed E-state index contributed by atoms with van der Waals surface area (Å²) in [6.07, 6.45) is -4.57. The number of alkyl halides is 3. The highest BCUT2D eigenvalue weighted by atomic mass is 19.4. The van der Waals surface area contributed by atoms with Gasteiger partial charge in [-0.2, -0.15) is 13.2 Å². The zero-order chi connectivity index (χ0) is 19.9. The van der Waals surface area contributed by atoms with E-state index in [0.29, 0.717) is 30.4 Å². The first-order valence-corrected chi connectivity index (χ1v) is 8.33. The third-order valence-corrected chi connectivity index (χ3v) is 3.39. The highest BCUT2D eigenvalue weighted by Crippen LogP contribution is 2.36. The van der Waals surface area contributed by atoms with Crippen molar-refractivity contribution in [3.05, 3.63) is 48.0 Å². The normalized spacial score (nSPS) is 11.0. The number of amides is 1. The Balaban J connectivity index is 2.09. The summed E-state index contributed by atoms with van der Waals surface area (Å²) in [5.74, 6) is -0.0839. The van der Waals surface area contributed by atoms with Gasteiger partial charge in [0.1, 0.15) is 17.2 Å². The van der Waals surface area contributed by atoms with E-state index in [1.165, 1.54) is 12.1 Å². The standard InChI is InChI=1S/C19H20F3NO4/c1-3-25-13-9-10-17(26-4-2)15(11-13)23-18(24)12-27-16-8-6-5-7-14(16)19(20,21)22/h5-11H,3-4,12H2,1-2H3,(H,23,24). The molecule has 0 saturated carbocycles. The highest BCUT2D eigenvalue weighted by Gasteiger charge is 2.34. The van der Waals surface area contributed by atoms with Crippen LogP contribution in [0.3, 0.4) is 0 Å². The molecule has 0 aliphatic carbocycles. The van der Waals surface area contributed by atoms with Crippen molar-refractivity contribution in [1.82, 2.24) is 0 Å². The molecule has 0 radical (unpaired) electrons. The summed E-state index contributed by atoms with van der Waals surface area (Å²) in [4.78, 5) is 12.2. The molecule has 0 aromatic heterocycles. The van der Waals surface area contributed by atoms with Crippen LogP contribution in [0.2, 0.25) is 0 Å². The lowest BCUT2D eigenvalue weighted by Gasteiger charge is -2.15. The molecule has 5 nitrogen and oxygen atoms in total. The van der Waals surface area contributed by atoms with Gasteiger partial charge in [-0.05, 0) is 38.1 Å². The van der Waals surface area contributed by atoms with Gasteiger partial charge in [0, 0.05) is 6.07 Å². The number of hydrogen-bond acceptors (Lipinski definition) is 4. The minimum atomic E-state index is -4.57. The lowest BCUT2D eigenvalue weighted by Crippen LogP contribution is -2.21. The van der Waals surface area contributed by atoms with Crippen LogP contribution in [0.5, 0.6) is 17.2 Å². The summed E-state index contributed by atoms with van der Waals surface area (Å²) in [7, 11) is 0. The molecule has 0 fully saturated rings. The van der Waals surface area contributed by atoms with Crippen LogP contribution in [-0.2, 0) is 11.0 Å². The van der Waals surface area contributed by atoms with Gasteiger partial charge >= 0.3 is 6.18 Å². The third-order valence-electron chi connectivity index (χ3n) is 3.39. The van der Waals surface area contributed by atoms with E-state index < -0.39 is 30.0 Å². The largest absolute Gasteiger partial charge is 0.494 e. The van der Waals surface area contributed by atoms with Crippen LogP contribution in [0.25, 0.3) is 0 Å². The first kappa shape index (κ1) is 20.4. The molecule has 0 saturated heterocycles. The molecule has 0 aliphatic rings. The second-order valence-corrected chi connectivity index (χ2v) is 5.35. The zero-order valence-electron chi connectivity index (χ0n) is 14.9. The summed E-state index contributed by atoms with van der Waals surface area (Å²) >= 11 is 0. The number of benzene rings is 2. The maximum absolute atomic E-state index is 13.0. The number of ether oxygens (including phenoxy) is 3. The SMILES string of the molecule is CCOc1ccc(OCC)c(NC(=O)COc2ccccc2C(F)(F)F)c1. The van der Waals surface area contributed by atoms with Gasteiger partial charge in [0.2, 0.25) is 0 Å². The van der Waals surface area contributed by atoms with Crippen molar-refractivity contribution >= 4 is 11.6 Å². The third kappa shape index (κ3) is 5.80. The Labute approximate surface area is 155 Å². The smallest absolute Gasteiger partial charge is 0.419 e. The maximum Gasteiger partial charge on any atom is 0.419 e. The Morgan fingerprint density at radius 3 is 2.33 bits per heavy atom. The topological polar surface area (TPSA) is 56.8 Å².